The summed E-state index contributed by atoms with van der Waals surface area (Å²) in [5.74, 6) is 0.769. The number of aliphatic hydroxyl groups is 1. The van der Waals surface area contributed by atoms with Crippen LogP contribution in [0.4, 0.5) is 0 Å². The summed E-state index contributed by atoms with van der Waals surface area (Å²) < 4.78 is 0. The minimum atomic E-state index is -0.218. The van der Waals surface area contributed by atoms with E-state index in [0.29, 0.717) is 18.9 Å². The summed E-state index contributed by atoms with van der Waals surface area (Å²) in [6.45, 7) is 6.66. The zero-order chi connectivity index (χ0) is 12.0. The Bertz CT molecular complexity index is 223. The van der Waals surface area contributed by atoms with Crippen LogP contribution < -0.4 is 10.6 Å². The highest BCUT2D eigenvalue weighted by Crippen LogP contribution is 2.15. The van der Waals surface area contributed by atoms with E-state index >= 15 is 0 Å². The van der Waals surface area contributed by atoms with Crippen molar-refractivity contribution >= 4 is 5.91 Å². The molecule has 0 aromatic heterocycles. The van der Waals surface area contributed by atoms with Gasteiger partial charge in [-0.25, -0.2) is 0 Å². The third-order valence-corrected chi connectivity index (χ3v) is 3.13. The highest BCUT2D eigenvalue weighted by atomic mass is 16.3. The van der Waals surface area contributed by atoms with Crippen molar-refractivity contribution in [3.63, 3.8) is 0 Å². The first-order chi connectivity index (χ1) is 7.53. The van der Waals surface area contributed by atoms with Crippen molar-refractivity contribution in [3.05, 3.63) is 0 Å². The Hall–Kier alpha value is -0.610. The van der Waals surface area contributed by atoms with Crippen LogP contribution in [0.2, 0.25) is 0 Å². The zero-order valence-corrected chi connectivity index (χ0v) is 10.4. The molecule has 1 aliphatic heterocycles. The number of carbonyl (C=O) groups is 1. The normalized spacial score (nSPS) is 21.1. The first kappa shape index (κ1) is 13.5. The van der Waals surface area contributed by atoms with E-state index < -0.39 is 0 Å². The molecule has 0 spiro atoms. The van der Waals surface area contributed by atoms with Gasteiger partial charge < -0.3 is 15.7 Å². The maximum absolute atomic E-state index is 11.5. The summed E-state index contributed by atoms with van der Waals surface area (Å²) in [4.78, 5) is 11.5. The van der Waals surface area contributed by atoms with Gasteiger partial charge in [0.25, 0.3) is 0 Å². The Kier molecular flexibility index (Phi) is 5.22. The summed E-state index contributed by atoms with van der Waals surface area (Å²) >= 11 is 0. The molecular formula is C12H24N2O2. The van der Waals surface area contributed by atoms with Gasteiger partial charge in [-0.15, -0.1) is 0 Å². The molecule has 1 saturated heterocycles. The molecule has 16 heavy (non-hydrogen) atoms. The fraction of sp³-hybridized carbons (Fsp3) is 0.917. The lowest BCUT2D eigenvalue weighted by atomic mass is 9.95. The van der Waals surface area contributed by atoms with Gasteiger partial charge in [-0.05, 0) is 31.8 Å². The first-order valence-corrected chi connectivity index (χ1v) is 6.12. The van der Waals surface area contributed by atoms with E-state index in [2.05, 4.69) is 10.6 Å². The Balaban J connectivity index is 2.10. The number of rotatable bonds is 6. The maximum atomic E-state index is 11.5. The van der Waals surface area contributed by atoms with E-state index in [4.69, 9.17) is 5.11 Å². The number of aliphatic hydroxyl groups excluding tert-OH is 1. The summed E-state index contributed by atoms with van der Waals surface area (Å²) in [6, 6.07) is 0. The second-order valence-corrected chi connectivity index (χ2v) is 5.50. The molecule has 0 saturated carbocycles. The van der Waals surface area contributed by atoms with Gasteiger partial charge in [0.15, 0.2) is 0 Å². The molecular weight excluding hydrogens is 204 g/mol. The third-order valence-electron chi connectivity index (χ3n) is 3.13. The van der Waals surface area contributed by atoms with Crippen molar-refractivity contribution < 1.29 is 9.90 Å². The number of nitrogens with one attached hydrogen (secondary N) is 2. The molecule has 0 bridgehead atoms. The van der Waals surface area contributed by atoms with Crippen molar-refractivity contribution in [1.82, 2.24) is 10.6 Å². The van der Waals surface area contributed by atoms with E-state index in [-0.39, 0.29) is 17.9 Å². The molecule has 94 valence electrons. The standard InChI is InChI=1S/C12H24N2O2/c1-12(2,9-15)8-14-11(16)4-3-10-5-6-13-7-10/h10,13,15H,3-9H2,1-2H3,(H,14,16). The topological polar surface area (TPSA) is 61.4 Å². The first-order valence-electron chi connectivity index (χ1n) is 6.12. The molecule has 1 unspecified atom stereocenters. The molecule has 3 N–H and O–H groups in total. The van der Waals surface area contributed by atoms with Crippen molar-refractivity contribution in [3.8, 4) is 0 Å². The molecule has 0 aromatic rings. The second-order valence-electron chi connectivity index (χ2n) is 5.50. The summed E-state index contributed by atoms with van der Waals surface area (Å²) in [5.41, 5.74) is -0.218. The van der Waals surface area contributed by atoms with Crippen LogP contribution in [0.15, 0.2) is 0 Å². The number of amides is 1. The van der Waals surface area contributed by atoms with E-state index in [1.807, 2.05) is 13.8 Å². The number of carbonyl (C=O) groups excluding carboxylic acids is 1. The summed E-state index contributed by atoms with van der Waals surface area (Å²) in [6.07, 6.45) is 2.77. The van der Waals surface area contributed by atoms with E-state index in [0.717, 1.165) is 19.5 Å². The smallest absolute Gasteiger partial charge is 0.220 e. The van der Waals surface area contributed by atoms with Crippen LogP contribution in [0.5, 0.6) is 0 Å². The van der Waals surface area contributed by atoms with Crippen LogP contribution >= 0.6 is 0 Å². The molecule has 1 atom stereocenters. The van der Waals surface area contributed by atoms with Gasteiger partial charge in [0.1, 0.15) is 0 Å². The van der Waals surface area contributed by atoms with Gasteiger partial charge in [0.2, 0.25) is 5.91 Å². The highest BCUT2D eigenvalue weighted by molar-refractivity contribution is 5.75. The fourth-order valence-corrected chi connectivity index (χ4v) is 1.78. The van der Waals surface area contributed by atoms with Crippen LogP contribution in [0.3, 0.4) is 0 Å². The summed E-state index contributed by atoms with van der Waals surface area (Å²) in [7, 11) is 0. The fourth-order valence-electron chi connectivity index (χ4n) is 1.78. The highest BCUT2D eigenvalue weighted by Gasteiger charge is 2.19. The lowest BCUT2D eigenvalue weighted by Gasteiger charge is -2.22. The zero-order valence-electron chi connectivity index (χ0n) is 10.4. The minimum Gasteiger partial charge on any atom is -0.396 e. The molecule has 0 aromatic carbocycles. The molecule has 1 rings (SSSR count). The molecule has 1 aliphatic rings. The molecule has 1 amide bonds. The van der Waals surface area contributed by atoms with Gasteiger partial charge in [-0.2, -0.15) is 0 Å². The van der Waals surface area contributed by atoms with Crippen molar-refractivity contribution in [2.45, 2.75) is 33.1 Å². The Morgan fingerprint density at radius 1 is 1.56 bits per heavy atom. The van der Waals surface area contributed by atoms with Crippen LogP contribution in [0, 0.1) is 11.3 Å². The van der Waals surface area contributed by atoms with Crippen LogP contribution in [0.1, 0.15) is 33.1 Å². The second kappa shape index (κ2) is 6.21. The van der Waals surface area contributed by atoms with Gasteiger partial charge in [-0.3, -0.25) is 4.79 Å². The molecule has 1 fully saturated rings. The molecule has 0 aliphatic carbocycles. The van der Waals surface area contributed by atoms with Crippen molar-refractivity contribution in [1.29, 1.82) is 0 Å². The minimum absolute atomic E-state index is 0.0970. The molecule has 0 radical (unpaired) electrons. The van der Waals surface area contributed by atoms with E-state index in [1.165, 1.54) is 6.42 Å². The Morgan fingerprint density at radius 3 is 2.88 bits per heavy atom. The monoisotopic (exact) mass is 228 g/mol. The summed E-state index contributed by atoms with van der Waals surface area (Å²) in [5, 5.41) is 15.2. The molecule has 4 heteroatoms. The molecule has 4 nitrogen and oxygen atoms in total. The van der Waals surface area contributed by atoms with Crippen molar-refractivity contribution in [2.75, 3.05) is 26.2 Å². The van der Waals surface area contributed by atoms with Crippen LogP contribution in [0.25, 0.3) is 0 Å². The van der Waals surface area contributed by atoms with Gasteiger partial charge in [0, 0.05) is 25.0 Å². The van der Waals surface area contributed by atoms with Crippen LogP contribution in [-0.2, 0) is 4.79 Å². The van der Waals surface area contributed by atoms with Crippen LogP contribution in [-0.4, -0.2) is 37.3 Å². The Morgan fingerprint density at radius 2 is 2.31 bits per heavy atom. The van der Waals surface area contributed by atoms with E-state index in [9.17, 15) is 4.79 Å². The Labute approximate surface area is 97.8 Å². The van der Waals surface area contributed by atoms with Crippen molar-refractivity contribution in [2.24, 2.45) is 11.3 Å². The quantitative estimate of drug-likeness (QED) is 0.621. The molecule has 1 heterocycles. The van der Waals surface area contributed by atoms with Gasteiger partial charge in [-0.1, -0.05) is 13.8 Å². The number of hydrogen-bond donors (Lipinski definition) is 3. The predicted molar refractivity (Wildman–Crippen MR) is 64.1 cm³/mol. The van der Waals surface area contributed by atoms with Gasteiger partial charge >= 0.3 is 0 Å². The SMILES string of the molecule is CC(C)(CO)CNC(=O)CCC1CCNC1. The average molecular weight is 228 g/mol. The third kappa shape index (κ3) is 4.94. The maximum Gasteiger partial charge on any atom is 0.220 e. The predicted octanol–water partition coefficient (Wildman–Crippen LogP) is 0.511. The number of hydrogen-bond acceptors (Lipinski definition) is 3. The lowest BCUT2D eigenvalue weighted by Crippen LogP contribution is -2.36. The lowest BCUT2D eigenvalue weighted by molar-refractivity contribution is -0.121. The largest absolute Gasteiger partial charge is 0.396 e. The average Bonchev–Trinajstić information content (AvgIpc) is 2.76. The van der Waals surface area contributed by atoms with E-state index in [1.54, 1.807) is 0 Å². The van der Waals surface area contributed by atoms with Gasteiger partial charge in [0.05, 0.1) is 0 Å².